The van der Waals surface area contributed by atoms with Gasteiger partial charge < -0.3 is 197 Å². The number of carbonyl (C=O) groups excluding carboxylic acids is 3. The number of rotatable bonds is 28. The van der Waals surface area contributed by atoms with E-state index in [1.54, 1.807) is 6.92 Å². The molecule has 0 spiro atoms. The van der Waals surface area contributed by atoms with Crippen molar-refractivity contribution >= 4 is 17.9 Å². The molecular weight excluding hydrogens is 1820 g/mol. The van der Waals surface area contributed by atoms with Crippen molar-refractivity contribution in [3.63, 3.8) is 0 Å². The second kappa shape index (κ2) is 42.1. The number of esters is 3. The summed E-state index contributed by atoms with van der Waals surface area (Å²) in [6, 6.07) is 0. The summed E-state index contributed by atoms with van der Waals surface area (Å²) in [5.74, 6) is -4.12. The van der Waals surface area contributed by atoms with E-state index < -0.39 is 347 Å². The van der Waals surface area contributed by atoms with Crippen LogP contribution in [0.4, 0.5) is 0 Å². The van der Waals surface area contributed by atoms with E-state index in [-0.39, 0.29) is 60.8 Å². The second-order valence-corrected chi connectivity index (χ2v) is 42.8. The van der Waals surface area contributed by atoms with Gasteiger partial charge in [-0.1, -0.05) is 78.8 Å². The summed E-state index contributed by atoms with van der Waals surface area (Å²) >= 11 is 0. The molecule has 0 aromatic rings. The van der Waals surface area contributed by atoms with Crippen molar-refractivity contribution in [2.45, 2.75) is 411 Å². The zero-order chi connectivity index (χ0) is 100. The predicted octanol–water partition coefficient (Wildman–Crippen LogP) is -3.39. The maximum Gasteiger partial charge on any atom is 0.340 e. The molecule has 0 amide bonds. The highest BCUT2D eigenvalue weighted by atomic mass is 16.8. The summed E-state index contributed by atoms with van der Waals surface area (Å²) in [7, 11) is 0. The van der Waals surface area contributed by atoms with E-state index >= 15 is 4.79 Å². The molecule has 0 aromatic carbocycles. The fourth-order valence-corrected chi connectivity index (χ4v) is 23.9. The van der Waals surface area contributed by atoms with Crippen LogP contribution in [0.3, 0.4) is 0 Å². The zero-order valence-electron chi connectivity index (χ0n) is 79.4. The van der Waals surface area contributed by atoms with Gasteiger partial charge in [-0.15, -0.1) is 6.58 Å². The van der Waals surface area contributed by atoms with Crippen LogP contribution in [0.5, 0.6) is 0 Å². The molecule has 14 aliphatic rings. The Morgan fingerprint density at radius 1 is 0.496 bits per heavy atom. The number of aliphatic hydroxyl groups is 21. The number of hydrogen-bond acceptors (Lipinski definition) is 43. The van der Waals surface area contributed by atoms with Crippen LogP contribution < -0.4 is 0 Å². The predicted molar refractivity (Wildman–Crippen MR) is 462 cm³/mol. The largest absolute Gasteiger partial charge is 0.487 e. The Bertz CT molecular complexity index is 4270. The molecule has 4 saturated carbocycles. The van der Waals surface area contributed by atoms with Crippen LogP contribution in [-0.4, -0.2) is 416 Å². The van der Waals surface area contributed by atoms with Crippen LogP contribution in [-0.2, 0) is 104 Å². The standard InChI is InChI=1S/C94H146O43/c1-15-89(10,118)24-17-18-39(3)76(115)131-75-73(130-77(116)42(32-95)49-21-25-90(11,16-2)137-49)56(101)40(4)125-85(75)124-38-51-72(134-81-67(112)62(107)70(41(5)126-81)132-80-69(114)71(48(99)36-121-80)133-78-64(109)57(102)45(96)33-119-78)63(108)68(113)83(128-51)136-86(117)94-29-28-87(6,7)30-44(94)43-19-20-53-91(12)26-23-55(88(8,9)52(91)22-27-92(53,13)93(43,14)31-54(94)100)129-82-66(111)61(106)60(105)50(127-82)37-123-84-74(59(104)47(98)35-122-84)135-79-65(110)58(103)46(97)34-120-79/h15-16,18-19,40-41,44-48,50-75,78-85,95-114,118H,1-2,17,20-38H2,3-14H3/b39-18-,49-42+/t40-,41-,44+,45-,46-,47+,48-,50-,51+,52+,53-,54-,55+,56-,57+,58+,59+,60-,61+,62-,63+,64-,65-,66-,67+,68+,69-,70-,71+,72+,73+,74-,75+,78+,79+,80+,81+,82+,83-,84+,85+,89+,90-,91+,92-,93-,94-/m1/s1. The smallest absolute Gasteiger partial charge is 0.340 e. The van der Waals surface area contributed by atoms with Gasteiger partial charge in [-0.2, -0.15) is 0 Å². The first kappa shape index (κ1) is 108. The number of carbonyl (C=O) groups is 3. The Labute approximate surface area is 793 Å². The van der Waals surface area contributed by atoms with E-state index in [1.165, 1.54) is 45.9 Å². The minimum atomic E-state index is -2.29. The molecule has 9 saturated heterocycles. The molecule has 43 nitrogen and oxygen atoms in total. The van der Waals surface area contributed by atoms with Crippen LogP contribution in [0.25, 0.3) is 0 Å². The first-order valence-corrected chi connectivity index (χ1v) is 47.8. The van der Waals surface area contributed by atoms with E-state index in [4.69, 9.17) is 90.0 Å². The van der Waals surface area contributed by atoms with Crippen molar-refractivity contribution in [1.82, 2.24) is 0 Å². The lowest BCUT2D eigenvalue weighted by Gasteiger charge is -2.71. The molecule has 14 rings (SSSR count). The van der Waals surface area contributed by atoms with Gasteiger partial charge in [0.2, 0.25) is 6.29 Å². The molecule has 47 atom stereocenters. The van der Waals surface area contributed by atoms with Gasteiger partial charge in [-0.25, -0.2) is 9.59 Å². The summed E-state index contributed by atoms with van der Waals surface area (Å²) in [5, 5.41) is 238. The molecule has 21 N–H and O–H groups in total. The summed E-state index contributed by atoms with van der Waals surface area (Å²) in [4.78, 5) is 45.3. The Hall–Kier alpha value is -4.53. The van der Waals surface area contributed by atoms with Gasteiger partial charge in [-0.05, 0) is 163 Å². The Morgan fingerprint density at radius 2 is 1.04 bits per heavy atom. The maximum absolute atomic E-state index is 16.3. The Balaban J connectivity index is 0.719. The molecule has 13 fully saturated rings. The third-order valence-electron chi connectivity index (χ3n) is 32.9. The maximum atomic E-state index is 16.3. The molecule has 780 valence electrons. The lowest BCUT2D eigenvalue weighted by atomic mass is 9.33. The fraction of sp³-hybridized carbons (Fsp3) is 0.862. The highest BCUT2D eigenvalue weighted by molar-refractivity contribution is 5.90. The lowest BCUT2D eigenvalue weighted by molar-refractivity contribution is -0.378. The highest BCUT2D eigenvalue weighted by Crippen LogP contribution is 2.76. The van der Waals surface area contributed by atoms with Crippen molar-refractivity contribution in [2.24, 2.45) is 50.2 Å². The van der Waals surface area contributed by atoms with Crippen molar-refractivity contribution in [1.29, 1.82) is 0 Å². The van der Waals surface area contributed by atoms with Gasteiger partial charge in [0.1, 0.15) is 169 Å². The number of ether oxygens (including phenoxy) is 19. The van der Waals surface area contributed by atoms with Gasteiger partial charge in [0, 0.05) is 12.0 Å². The molecule has 43 heteroatoms. The van der Waals surface area contributed by atoms with Gasteiger partial charge in [0.05, 0.1) is 76.3 Å². The van der Waals surface area contributed by atoms with Gasteiger partial charge in [0.15, 0.2) is 56.2 Å². The van der Waals surface area contributed by atoms with Crippen LogP contribution in [0.2, 0.25) is 0 Å². The Kier molecular flexibility index (Phi) is 33.3. The van der Waals surface area contributed by atoms with Crippen molar-refractivity contribution in [3.8, 4) is 0 Å². The minimum absolute atomic E-state index is 0.0406. The molecule has 0 unspecified atom stereocenters. The first-order chi connectivity index (χ1) is 64.2. The van der Waals surface area contributed by atoms with Crippen LogP contribution in [0.15, 0.2) is 59.9 Å². The van der Waals surface area contributed by atoms with Crippen molar-refractivity contribution < 1.29 is 212 Å². The van der Waals surface area contributed by atoms with Gasteiger partial charge in [0.25, 0.3) is 0 Å². The summed E-state index contributed by atoms with van der Waals surface area (Å²) in [5.41, 5.74) is -6.52. The van der Waals surface area contributed by atoms with E-state index in [9.17, 15) is 117 Å². The van der Waals surface area contributed by atoms with Crippen LogP contribution in [0, 0.1) is 50.2 Å². The van der Waals surface area contributed by atoms with Crippen LogP contribution in [0.1, 0.15) is 167 Å². The monoisotopic (exact) mass is 1960 g/mol. The molecule has 137 heavy (non-hydrogen) atoms. The van der Waals surface area contributed by atoms with E-state index in [2.05, 4.69) is 67.7 Å². The number of hydrogen-bond donors (Lipinski definition) is 21. The van der Waals surface area contributed by atoms with E-state index in [1.807, 2.05) is 0 Å². The van der Waals surface area contributed by atoms with E-state index in [0.717, 1.165) is 5.57 Å². The average Bonchev–Trinajstić information content (AvgIpc) is 0.726. The topological polar surface area (TPSA) is 651 Å². The summed E-state index contributed by atoms with van der Waals surface area (Å²) < 4.78 is 115. The number of allylic oxidation sites excluding steroid dienone is 4. The lowest BCUT2D eigenvalue weighted by Crippen LogP contribution is -2.68. The molecule has 9 aliphatic heterocycles. The normalized spacial score (nSPS) is 49.7. The molecular formula is C94H146O43. The number of fused-ring (bicyclic) bond motifs is 7. The van der Waals surface area contributed by atoms with Crippen molar-refractivity contribution in [3.05, 3.63) is 59.9 Å². The Morgan fingerprint density at radius 3 is 1.67 bits per heavy atom. The third kappa shape index (κ3) is 20.9. The zero-order valence-corrected chi connectivity index (χ0v) is 79.4. The molecule has 0 aromatic heterocycles. The molecule has 5 aliphatic carbocycles. The number of aliphatic hydroxyl groups excluding tert-OH is 20. The summed E-state index contributed by atoms with van der Waals surface area (Å²) in [6.07, 6.45) is -55.2. The molecule has 9 heterocycles. The first-order valence-electron chi connectivity index (χ1n) is 47.8. The quantitative estimate of drug-likeness (QED) is 0.0119. The average molecular weight is 1960 g/mol. The molecule has 0 radical (unpaired) electrons. The fourth-order valence-electron chi connectivity index (χ4n) is 23.9. The second-order valence-electron chi connectivity index (χ2n) is 42.8. The van der Waals surface area contributed by atoms with E-state index in [0.29, 0.717) is 51.4 Å². The van der Waals surface area contributed by atoms with Crippen LogP contribution >= 0.6 is 0 Å². The highest BCUT2D eigenvalue weighted by Gasteiger charge is 2.73. The van der Waals surface area contributed by atoms with Gasteiger partial charge in [-0.3, -0.25) is 4.79 Å². The molecule has 0 bridgehead atoms. The SMILES string of the molecule is C=C[C@](C)(O)CC/C=C(/C)C(=O)O[C@@H]1[C@@H](OC[C@@H]2O[C@H](OC(=O)[C@]34CCC(C)(C)C[C@H]3C3=CC[C@@H]5[C@@]6(C)CC[C@H](O[C@@H]7O[C@H](CO[C@@H]8OC[C@H](O)[C@H](O)[C@H]8O[C@@H]8OC[C@@H](O)[C@H](O)[C@H]8O)[C@@H](O)[C@H](O)[C@H]7O)C(C)(C)[C@@H]6CC[C@@]5(C)[C@]3(C)C[C@H]4O)[C@@H](O)[C@H](O)[C@H]2O[C@@H]2O[C@H](C)[C@@H](O[C@@H]3OC[C@@H](O)[C@H](O[C@@H]4OC[C@@H](O)[C@H](O)[C@H]4O)[C@H]3O)[C@H](O)[C@@H]2O)O[C@H](C)[C@@H](O)[C@@H]1OC(=O)/C(CO)=C1\CC[C@@](C)(C=C)O1. The van der Waals surface area contributed by atoms with Crippen molar-refractivity contribution in [2.75, 3.05) is 46.2 Å². The third-order valence-corrected chi connectivity index (χ3v) is 32.9. The van der Waals surface area contributed by atoms with Gasteiger partial charge >= 0.3 is 17.9 Å². The minimum Gasteiger partial charge on any atom is -0.487 e. The summed E-state index contributed by atoms with van der Waals surface area (Å²) in [6.45, 7) is 25.4.